The van der Waals surface area contributed by atoms with Crippen LogP contribution in [0.25, 0.3) is 11.1 Å². The van der Waals surface area contributed by atoms with Gasteiger partial charge in [0.2, 0.25) is 0 Å². The summed E-state index contributed by atoms with van der Waals surface area (Å²) in [5, 5.41) is 7.33. The van der Waals surface area contributed by atoms with E-state index in [1.165, 1.54) is 44.2 Å². The molecule has 1 aromatic heterocycles. The fraction of sp³-hybridized carbons (Fsp3) is 0.292. The number of benzene rings is 2. The van der Waals surface area contributed by atoms with Gasteiger partial charge in [-0.1, -0.05) is 43.0 Å². The standard InChI is InChI=1S/C24H24ClF2N3/c25-23-15-29-24(30-20-6-2-1-3-7-20)13-22(23)17-5-4-8-21(11-17)28-14-16-9-18(26)12-19(27)10-16/h4-5,8-13,15,20,28H,1-3,6-7,14H2,(H,29,30). The Morgan fingerprint density at radius 3 is 2.50 bits per heavy atom. The van der Waals surface area contributed by atoms with Crippen LogP contribution >= 0.6 is 11.6 Å². The van der Waals surface area contributed by atoms with Crippen LogP contribution < -0.4 is 10.6 Å². The van der Waals surface area contributed by atoms with Crippen LogP contribution in [0.5, 0.6) is 0 Å². The zero-order valence-electron chi connectivity index (χ0n) is 16.6. The number of hydrogen-bond donors (Lipinski definition) is 2. The molecule has 2 N–H and O–H groups in total. The van der Waals surface area contributed by atoms with Gasteiger partial charge in [-0.15, -0.1) is 0 Å². The van der Waals surface area contributed by atoms with Crippen molar-refractivity contribution >= 4 is 23.1 Å². The van der Waals surface area contributed by atoms with Crippen molar-refractivity contribution < 1.29 is 8.78 Å². The zero-order valence-corrected chi connectivity index (χ0v) is 17.4. The maximum atomic E-state index is 13.4. The van der Waals surface area contributed by atoms with E-state index in [1.54, 1.807) is 6.20 Å². The summed E-state index contributed by atoms with van der Waals surface area (Å²) in [7, 11) is 0. The third-order valence-corrected chi connectivity index (χ3v) is 5.71. The Hall–Kier alpha value is -2.66. The molecule has 156 valence electrons. The molecule has 0 saturated heterocycles. The number of rotatable bonds is 6. The molecule has 0 unspecified atom stereocenters. The summed E-state index contributed by atoms with van der Waals surface area (Å²) in [6.45, 7) is 0.316. The molecule has 30 heavy (non-hydrogen) atoms. The molecule has 1 saturated carbocycles. The van der Waals surface area contributed by atoms with Crippen LogP contribution in [-0.4, -0.2) is 11.0 Å². The van der Waals surface area contributed by atoms with Crippen molar-refractivity contribution in [3.05, 3.63) is 76.9 Å². The molecule has 0 spiro atoms. The van der Waals surface area contributed by atoms with Crippen molar-refractivity contribution in [1.82, 2.24) is 4.98 Å². The molecule has 1 aliphatic rings. The molecule has 2 aromatic carbocycles. The second-order valence-electron chi connectivity index (χ2n) is 7.74. The topological polar surface area (TPSA) is 37.0 Å². The first kappa shape index (κ1) is 20.6. The van der Waals surface area contributed by atoms with E-state index in [2.05, 4.69) is 15.6 Å². The van der Waals surface area contributed by atoms with E-state index < -0.39 is 11.6 Å². The van der Waals surface area contributed by atoms with Crippen molar-refractivity contribution in [2.75, 3.05) is 10.6 Å². The normalized spacial score (nSPS) is 14.5. The van der Waals surface area contributed by atoms with Crippen LogP contribution in [0.2, 0.25) is 5.02 Å². The summed E-state index contributed by atoms with van der Waals surface area (Å²) >= 11 is 6.44. The molecule has 6 heteroatoms. The van der Waals surface area contributed by atoms with Crippen LogP contribution in [0.4, 0.5) is 20.3 Å². The fourth-order valence-electron chi connectivity index (χ4n) is 3.91. The average molecular weight is 428 g/mol. The highest BCUT2D eigenvalue weighted by atomic mass is 35.5. The first-order chi connectivity index (χ1) is 14.6. The number of halogens is 3. The summed E-state index contributed by atoms with van der Waals surface area (Å²) in [6, 6.07) is 13.8. The Labute approximate surface area is 180 Å². The first-order valence-electron chi connectivity index (χ1n) is 10.3. The van der Waals surface area contributed by atoms with E-state index in [0.717, 1.165) is 28.7 Å². The maximum Gasteiger partial charge on any atom is 0.126 e. The van der Waals surface area contributed by atoms with Crippen LogP contribution in [0.3, 0.4) is 0 Å². The largest absolute Gasteiger partial charge is 0.381 e. The minimum Gasteiger partial charge on any atom is -0.381 e. The van der Waals surface area contributed by atoms with Gasteiger partial charge in [-0.3, -0.25) is 0 Å². The van der Waals surface area contributed by atoms with Gasteiger partial charge in [0, 0.05) is 36.1 Å². The molecule has 1 fully saturated rings. The van der Waals surface area contributed by atoms with Crippen LogP contribution in [0.15, 0.2) is 54.7 Å². The lowest BCUT2D eigenvalue weighted by Crippen LogP contribution is -2.22. The van der Waals surface area contributed by atoms with Gasteiger partial charge in [0.15, 0.2) is 0 Å². The summed E-state index contributed by atoms with van der Waals surface area (Å²) in [5.74, 6) is -0.334. The highest BCUT2D eigenvalue weighted by molar-refractivity contribution is 6.33. The molecule has 4 rings (SSSR count). The molecule has 3 nitrogen and oxygen atoms in total. The van der Waals surface area contributed by atoms with Crippen molar-refractivity contribution in [2.24, 2.45) is 0 Å². The molecular formula is C24H24ClF2N3. The molecule has 3 aromatic rings. The predicted molar refractivity (Wildman–Crippen MR) is 119 cm³/mol. The smallest absolute Gasteiger partial charge is 0.126 e. The Bertz CT molecular complexity index is 999. The van der Waals surface area contributed by atoms with E-state index in [4.69, 9.17) is 11.6 Å². The highest BCUT2D eigenvalue weighted by Gasteiger charge is 2.15. The van der Waals surface area contributed by atoms with Crippen molar-refractivity contribution in [1.29, 1.82) is 0 Å². The number of hydrogen-bond acceptors (Lipinski definition) is 3. The fourth-order valence-corrected chi connectivity index (χ4v) is 4.12. The second-order valence-corrected chi connectivity index (χ2v) is 8.15. The Kier molecular flexibility index (Phi) is 6.48. The Balaban J connectivity index is 1.50. The molecule has 0 radical (unpaired) electrons. The predicted octanol–water partition coefficient (Wildman–Crippen LogP) is 7.04. The zero-order chi connectivity index (χ0) is 20.9. The van der Waals surface area contributed by atoms with Crippen molar-refractivity contribution in [3.63, 3.8) is 0 Å². The van der Waals surface area contributed by atoms with E-state index in [-0.39, 0.29) is 0 Å². The summed E-state index contributed by atoms with van der Waals surface area (Å²) < 4.78 is 26.8. The number of nitrogens with one attached hydrogen (secondary N) is 2. The molecule has 1 heterocycles. The lowest BCUT2D eigenvalue weighted by atomic mass is 9.95. The number of anilines is 2. The third kappa shape index (κ3) is 5.28. The molecule has 0 aliphatic heterocycles. The molecule has 0 amide bonds. The van der Waals surface area contributed by atoms with E-state index in [0.29, 0.717) is 23.2 Å². The second kappa shape index (κ2) is 9.43. The van der Waals surface area contributed by atoms with Crippen molar-refractivity contribution in [3.8, 4) is 11.1 Å². The summed E-state index contributed by atoms with van der Waals surface area (Å²) in [4.78, 5) is 4.44. The van der Waals surface area contributed by atoms with Gasteiger partial charge in [-0.2, -0.15) is 0 Å². The summed E-state index contributed by atoms with van der Waals surface area (Å²) in [6.07, 6.45) is 7.82. The SMILES string of the molecule is Fc1cc(F)cc(CNc2cccc(-c3cc(NC4CCCCC4)ncc3Cl)c2)c1. The van der Waals surface area contributed by atoms with Gasteiger partial charge in [0.1, 0.15) is 17.5 Å². The van der Waals surface area contributed by atoms with Gasteiger partial charge in [-0.05, 0) is 54.3 Å². The van der Waals surface area contributed by atoms with Gasteiger partial charge in [-0.25, -0.2) is 13.8 Å². The van der Waals surface area contributed by atoms with E-state index in [1.807, 2.05) is 30.3 Å². The van der Waals surface area contributed by atoms with Gasteiger partial charge in [0.25, 0.3) is 0 Å². The number of nitrogens with zero attached hydrogens (tertiary/aromatic N) is 1. The van der Waals surface area contributed by atoms with Gasteiger partial charge >= 0.3 is 0 Å². The molecule has 0 atom stereocenters. The highest BCUT2D eigenvalue weighted by Crippen LogP contribution is 2.32. The molecule has 1 aliphatic carbocycles. The lowest BCUT2D eigenvalue weighted by Gasteiger charge is -2.23. The molecular weight excluding hydrogens is 404 g/mol. The van der Waals surface area contributed by atoms with Gasteiger partial charge in [0.05, 0.1) is 5.02 Å². The minimum absolute atomic E-state index is 0.316. The first-order valence-corrected chi connectivity index (χ1v) is 10.7. The van der Waals surface area contributed by atoms with E-state index in [9.17, 15) is 8.78 Å². The Morgan fingerprint density at radius 1 is 0.967 bits per heavy atom. The average Bonchev–Trinajstić information content (AvgIpc) is 2.74. The minimum atomic E-state index is -0.581. The summed E-state index contributed by atoms with van der Waals surface area (Å²) in [5.41, 5.74) is 3.22. The maximum absolute atomic E-state index is 13.4. The lowest BCUT2D eigenvalue weighted by molar-refractivity contribution is 0.462. The third-order valence-electron chi connectivity index (χ3n) is 5.41. The van der Waals surface area contributed by atoms with Gasteiger partial charge < -0.3 is 10.6 Å². The molecule has 0 bridgehead atoms. The monoisotopic (exact) mass is 427 g/mol. The van der Waals surface area contributed by atoms with Crippen molar-refractivity contribution in [2.45, 2.75) is 44.7 Å². The van der Waals surface area contributed by atoms with Crippen LogP contribution in [0, 0.1) is 11.6 Å². The quantitative estimate of drug-likeness (QED) is 0.443. The number of aromatic nitrogens is 1. The number of pyridine rings is 1. The van der Waals surface area contributed by atoms with E-state index >= 15 is 0 Å². The Morgan fingerprint density at radius 2 is 1.73 bits per heavy atom. The van der Waals surface area contributed by atoms with Crippen LogP contribution in [0.1, 0.15) is 37.7 Å². The van der Waals surface area contributed by atoms with Crippen LogP contribution in [-0.2, 0) is 6.54 Å².